The summed E-state index contributed by atoms with van der Waals surface area (Å²) in [5.74, 6) is -0.866. The molecule has 0 aliphatic heterocycles. The van der Waals surface area contributed by atoms with E-state index in [9.17, 15) is 19.5 Å². The van der Waals surface area contributed by atoms with Crippen LogP contribution in [0.5, 0.6) is 5.75 Å². The predicted molar refractivity (Wildman–Crippen MR) is 129 cm³/mol. The van der Waals surface area contributed by atoms with Crippen LogP contribution in [0.15, 0.2) is 18.2 Å². The summed E-state index contributed by atoms with van der Waals surface area (Å²) in [5.41, 5.74) is 0.457. The van der Waals surface area contributed by atoms with E-state index >= 15 is 0 Å². The Morgan fingerprint density at radius 2 is 1.58 bits per heavy atom. The van der Waals surface area contributed by atoms with Crippen LogP contribution in [0, 0.1) is 12.8 Å². The molecule has 0 aliphatic carbocycles. The highest BCUT2D eigenvalue weighted by molar-refractivity contribution is 5.92. The number of aryl methyl sites for hydroxylation is 1. The smallest absolute Gasteiger partial charge is 0.408 e. The van der Waals surface area contributed by atoms with Crippen LogP contribution >= 0.6 is 0 Å². The second-order valence-electron chi connectivity index (χ2n) is 10.3. The average molecular weight is 464 g/mol. The number of benzene rings is 1. The van der Waals surface area contributed by atoms with Crippen molar-refractivity contribution in [2.45, 2.75) is 99.0 Å². The molecule has 0 radical (unpaired) electrons. The fraction of sp³-hybridized carbons (Fsp3) is 0.640. The number of nitrogens with zero attached hydrogens (tertiary/aromatic N) is 1. The van der Waals surface area contributed by atoms with Gasteiger partial charge in [0.15, 0.2) is 0 Å². The molecule has 0 saturated heterocycles. The highest BCUT2D eigenvalue weighted by Gasteiger charge is 2.39. The van der Waals surface area contributed by atoms with Crippen molar-refractivity contribution in [2.75, 3.05) is 0 Å². The van der Waals surface area contributed by atoms with E-state index in [4.69, 9.17) is 4.74 Å². The number of alkyl carbamates (subject to hydrolysis) is 1. The predicted octanol–water partition coefficient (Wildman–Crippen LogP) is 4.05. The number of rotatable bonds is 8. The first kappa shape index (κ1) is 28.3. The fourth-order valence-corrected chi connectivity index (χ4v) is 3.44. The minimum atomic E-state index is -0.944. The van der Waals surface area contributed by atoms with Gasteiger partial charge >= 0.3 is 6.09 Å². The molecule has 3 amide bonds. The molecule has 0 heterocycles. The number of carbonyl (C=O) groups excluding carboxylic acids is 3. The Morgan fingerprint density at radius 1 is 1.00 bits per heavy atom. The molecule has 8 nitrogen and oxygen atoms in total. The zero-order valence-corrected chi connectivity index (χ0v) is 21.6. The second-order valence-corrected chi connectivity index (χ2v) is 10.3. The van der Waals surface area contributed by atoms with Crippen molar-refractivity contribution >= 4 is 17.9 Å². The summed E-state index contributed by atoms with van der Waals surface area (Å²) >= 11 is 0. The van der Waals surface area contributed by atoms with E-state index in [1.54, 1.807) is 39.8 Å². The quantitative estimate of drug-likeness (QED) is 0.539. The first-order valence-electron chi connectivity index (χ1n) is 11.5. The largest absolute Gasteiger partial charge is 0.508 e. The number of phenolic OH excluding ortho intramolecular Hbond substituents is 1. The maximum atomic E-state index is 13.8. The molecule has 0 saturated carbocycles. The van der Waals surface area contributed by atoms with Crippen LogP contribution in [0.25, 0.3) is 0 Å². The van der Waals surface area contributed by atoms with Crippen LogP contribution in [-0.2, 0) is 14.3 Å². The molecule has 0 fully saturated rings. The molecule has 1 aromatic carbocycles. The van der Waals surface area contributed by atoms with Crippen molar-refractivity contribution in [3.8, 4) is 5.75 Å². The van der Waals surface area contributed by atoms with Gasteiger partial charge in [0.05, 0.1) is 0 Å². The third kappa shape index (κ3) is 8.26. The lowest BCUT2D eigenvalue weighted by molar-refractivity contribution is -0.145. The highest BCUT2D eigenvalue weighted by Crippen LogP contribution is 2.29. The van der Waals surface area contributed by atoms with Gasteiger partial charge in [0, 0.05) is 12.1 Å². The third-order valence-corrected chi connectivity index (χ3v) is 4.91. The summed E-state index contributed by atoms with van der Waals surface area (Å²) in [6.45, 7) is 18.0. The van der Waals surface area contributed by atoms with Gasteiger partial charge in [0.1, 0.15) is 23.4 Å². The van der Waals surface area contributed by atoms with E-state index in [-0.39, 0.29) is 35.6 Å². The SMILES string of the molecule is Cc1cc(C(C(=O)NC(C)C)N(C(=O)C(NC(=O)OC(C)(C)C)C(C)C)C(C)C)ccc1O. The minimum Gasteiger partial charge on any atom is -0.508 e. The van der Waals surface area contributed by atoms with E-state index in [0.29, 0.717) is 11.1 Å². The highest BCUT2D eigenvalue weighted by atomic mass is 16.6. The maximum absolute atomic E-state index is 13.8. The molecule has 2 unspecified atom stereocenters. The van der Waals surface area contributed by atoms with Gasteiger partial charge in [-0.15, -0.1) is 0 Å². The van der Waals surface area contributed by atoms with Gasteiger partial charge in [-0.2, -0.15) is 0 Å². The Hall–Kier alpha value is -2.77. The zero-order valence-electron chi connectivity index (χ0n) is 21.6. The van der Waals surface area contributed by atoms with Crippen LogP contribution < -0.4 is 10.6 Å². The van der Waals surface area contributed by atoms with Crippen LogP contribution in [0.2, 0.25) is 0 Å². The molecular formula is C25H41N3O5. The minimum absolute atomic E-state index is 0.107. The summed E-state index contributed by atoms with van der Waals surface area (Å²) in [4.78, 5) is 41.1. The Bertz CT molecular complexity index is 843. The molecule has 0 aliphatic rings. The second kappa shape index (κ2) is 11.4. The number of aromatic hydroxyl groups is 1. The van der Waals surface area contributed by atoms with Gasteiger partial charge in [-0.25, -0.2) is 4.79 Å². The van der Waals surface area contributed by atoms with E-state index < -0.39 is 23.8 Å². The molecule has 0 aromatic heterocycles. The number of hydrogen-bond donors (Lipinski definition) is 3. The van der Waals surface area contributed by atoms with Gasteiger partial charge in [-0.05, 0) is 84.6 Å². The molecule has 2 atom stereocenters. The summed E-state index contributed by atoms with van der Waals surface area (Å²) in [6, 6.07) is 2.53. The number of carbonyl (C=O) groups is 3. The maximum Gasteiger partial charge on any atom is 0.408 e. The molecule has 3 N–H and O–H groups in total. The lowest BCUT2D eigenvalue weighted by atomic mass is 9.96. The summed E-state index contributed by atoms with van der Waals surface area (Å²) in [5, 5.41) is 15.6. The Balaban J connectivity index is 3.47. The van der Waals surface area contributed by atoms with E-state index in [2.05, 4.69) is 10.6 Å². The molecule has 33 heavy (non-hydrogen) atoms. The molecule has 0 bridgehead atoms. The van der Waals surface area contributed by atoms with Crippen LogP contribution in [0.3, 0.4) is 0 Å². The summed E-state index contributed by atoms with van der Waals surface area (Å²) in [6.07, 6.45) is -0.693. The van der Waals surface area contributed by atoms with Crippen LogP contribution in [0.1, 0.15) is 79.5 Å². The van der Waals surface area contributed by atoms with Crippen molar-refractivity contribution in [1.29, 1.82) is 0 Å². The van der Waals surface area contributed by atoms with E-state index in [1.807, 2.05) is 41.5 Å². The summed E-state index contributed by atoms with van der Waals surface area (Å²) < 4.78 is 5.36. The Kier molecular flexibility index (Phi) is 9.75. The van der Waals surface area contributed by atoms with Crippen LogP contribution in [0.4, 0.5) is 4.79 Å². The lowest BCUT2D eigenvalue weighted by Gasteiger charge is -2.38. The Labute approximate surface area is 198 Å². The van der Waals surface area contributed by atoms with Gasteiger partial charge in [0.2, 0.25) is 11.8 Å². The number of phenols is 1. The topological polar surface area (TPSA) is 108 Å². The number of amides is 3. The molecule has 1 rings (SSSR count). The monoisotopic (exact) mass is 463 g/mol. The standard InChI is InChI=1S/C25H41N3O5/c1-14(2)20(27-24(32)33-25(8,9)10)23(31)28(16(5)6)21(22(30)26-15(3)4)18-11-12-19(29)17(7)13-18/h11-16,20-21,29H,1-10H3,(H,26,30)(H,27,32). The zero-order chi connectivity index (χ0) is 25.7. The van der Waals surface area contributed by atoms with Crippen molar-refractivity contribution in [3.63, 3.8) is 0 Å². The van der Waals surface area contributed by atoms with Gasteiger partial charge < -0.3 is 25.4 Å². The Morgan fingerprint density at radius 3 is 2.00 bits per heavy atom. The molecule has 0 spiro atoms. The van der Waals surface area contributed by atoms with Crippen molar-refractivity contribution in [1.82, 2.24) is 15.5 Å². The average Bonchev–Trinajstić information content (AvgIpc) is 2.63. The fourth-order valence-electron chi connectivity index (χ4n) is 3.44. The normalized spacial score (nSPS) is 13.6. The number of ether oxygens (including phenoxy) is 1. The van der Waals surface area contributed by atoms with Gasteiger partial charge in [-0.1, -0.05) is 19.9 Å². The van der Waals surface area contributed by atoms with E-state index in [1.165, 1.54) is 11.0 Å². The summed E-state index contributed by atoms with van der Waals surface area (Å²) in [7, 11) is 0. The van der Waals surface area contributed by atoms with Gasteiger partial charge in [0.25, 0.3) is 0 Å². The molecular weight excluding hydrogens is 422 g/mol. The number of hydrogen-bond acceptors (Lipinski definition) is 5. The molecule has 1 aromatic rings. The van der Waals surface area contributed by atoms with Crippen molar-refractivity contribution < 1.29 is 24.2 Å². The van der Waals surface area contributed by atoms with Crippen molar-refractivity contribution in [2.24, 2.45) is 5.92 Å². The van der Waals surface area contributed by atoms with E-state index in [0.717, 1.165) is 0 Å². The molecule has 186 valence electrons. The van der Waals surface area contributed by atoms with Crippen molar-refractivity contribution in [3.05, 3.63) is 29.3 Å². The number of nitrogens with one attached hydrogen (secondary N) is 2. The van der Waals surface area contributed by atoms with Gasteiger partial charge in [-0.3, -0.25) is 9.59 Å². The van der Waals surface area contributed by atoms with Crippen LogP contribution in [-0.4, -0.2) is 51.6 Å². The lowest BCUT2D eigenvalue weighted by Crippen LogP contribution is -2.57. The third-order valence-electron chi connectivity index (χ3n) is 4.91. The molecule has 8 heteroatoms. The first-order valence-corrected chi connectivity index (χ1v) is 11.5. The first-order chi connectivity index (χ1) is 15.0.